The maximum absolute atomic E-state index is 12.0. The quantitative estimate of drug-likeness (QED) is 0.195. The van der Waals surface area contributed by atoms with E-state index >= 15 is 0 Å². The Balaban J connectivity index is -0.00000312. The van der Waals surface area contributed by atoms with Gasteiger partial charge >= 0.3 is 41.5 Å². The van der Waals surface area contributed by atoms with E-state index in [-0.39, 0.29) is 43.8 Å². The molecular formula is C18H35NaO7S. The standard InChI is InChI=1S/C18H34O7S.Na.H/c1-3-5-7-9-11-13-15(16(19)20)18(17(21)22,26(23,24)25)14-12-10-8-6-4-2;;/h15H,3-14H2,1-2H3,(H,19,20)(H,21,22)(H,23,24,25);;/q;+1;-1. The molecular weight excluding hydrogens is 383 g/mol. The molecule has 0 radical (unpaired) electrons. The molecule has 0 aromatic carbocycles. The van der Waals surface area contributed by atoms with Crippen LogP contribution in [0.2, 0.25) is 0 Å². The largest absolute Gasteiger partial charge is 1.00 e. The third-order valence-electron chi connectivity index (χ3n) is 4.93. The average molecular weight is 419 g/mol. The SMILES string of the molecule is CCCCCCCC(C(=O)O)C(CCCCCCC)(C(=O)O)S(=O)(=O)O.[H-].[Na+]. The molecule has 3 N–H and O–H groups in total. The minimum absolute atomic E-state index is 0. The van der Waals surface area contributed by atoms with Gasteiger partial charge in [-0.3, -0.25) is 14.1 Å². The number of rotatable bonds is 16. The molecule has 0 rings (SSSR count). The Morgan fingerprint density at radius 1 is 0.889 bits per heavy atom. The second-order valence-corrected chi connectivity index (χ2v) is 8.61. The minimum Gasteiger partial charge on any atom is -1.00 e. The van der Waals surface area contributed by atoms with Crippen molar-refractivity contribution >= 4 is 22.1 Å². The summed E-state index contributed by atoms with van der Waals surface area (Å²) in [6.45, 7) is 4.05. The smallest absolute Gasteiger partial charge is 1.00 e. The zero-order valence-electron chi connectivity index (χ0n) is 17.9. The van der Waals surface area contributed by atoms with Crippen LogP contribution < -0.4 is 29.6 Å². The van der Waals surface area contributed by atoms with E-state index in [9.17, 15) is 32.8 Å². The molecule has 2 unspecified atom stereocenters. The molecule has 7 nitrogen and oxygen atoms in total. The summed E-state index contributed by atoms with van der Waals surface area (Å²) in [5.41, 5.74) is 0. The number of aliphatic carboxylic acids is 2. The summed E-state index contributed by atoms with van der Waals surface area (Å²) < 4.78 is 31.0. The number of carbonyl (C=O) groups is 2. The Hall–Kier alpha value is -0.150. The maximum Gasteiger partial charge on any atom is 1.00 e. The van der Waals surface area contributed by atoms with E-state index in [0.29, 0.717) is 19.3 Å². The summed E-state index contributed by atoms with van der Waals surface area (Å²) in [7, 11) is -5.09. The second kappa shape index (κ2) is 14.8. The van der Waals surface area contributed by atoms with Gasteiger partial charge in [0.15, 0.2) is 0 Å². The average Bonchev–Trinajstić information content (AvgIpc) is 2.53. The summed E-state index contributed by atoms with van der Waals surface area (Å²) >= 11 is 0. The zero-order chi connectivity index (χ0) is 20.2. The van der Waals surface area contributed by atoms with Gasteiger partial charge in [-0.15, -0.1) is 0 Å². The first-order valence-corrected chi connectivity index (χ1v) is 11.0. The van der Waals surface area contributed by atoms with Crippen molar-refractivity contribution in [3.8, 4) is 0 Å². The van der Waals surface area contributed by atoms with Gasteiger partial charge in [-0.2, -0.15) is 8.42 Å². The van der Waals surface area contributed by atoms with Crippen LogP contribution in [0.1, 0.15) is 92.3 Å². The van der Waals surface area contributed by atoms with Crippen LogP contribution in [0.5, 0.6) is 0 Å². The van der Waals surface area contributed by atoms with Crippen LogP contribution in [0.15, 0.2) is 0 Å². The third-order valence-corrected chi connectivity index (χ3v) is 6.52. The molecule has 0 aliphatic rings. The number of carboxylic acid groups (broad SMARTS) is 2. The van der Waals surface area contributed by atoms with Crippen LogP contribution in [0.4, 0.5) is 0 Å². The Kier molecular flexibility index (Phi) is 15.9. The molecule has 27 heavy (non-hydrogen) atoms. The minimum atomic E-state index is -5.09. The Morgan fingerprint density at radius 2 is 1.33 bits per heavy atom. The van der Waals surface area contributed by atoms with Crippen molar-refractivity contribution in [1.29, 1.82) is 0 Å². The Morgan fingerprint density at radius 3 is 1.70 bits per heavy atom. The van der Waals surface area contributed by atoms with Gasteiger partial charge in [0.25, 0.3) is 10.1 Å². The fraction of sp³-hybridized carbons (Fsp3) is 0.889. The zero-order valence-corrected chi connectivity index (χ0v) is 19.8. The molecule has 0 aliphatic heterocycles. The molecule has 0 fully saturated rings. The molecule has 156 valence electrons. The van der Waals surface area contributed by atoms with Gasteiger partial charge in [0.05, 0.1) is 5.92 Å². The van der Waals surface area contributed by atoms with Gasteiger partial charge in [-0.1, -0.05) is 78.1 Å². The normalized spacial score (nSPS) is 14.8. The van der Waals surface area contributed by atoms with Crippen LogP contribution in [0, 0.1) is 5.92 Å². The summed E-state index contributed by atoms with van der Waals surface area (Å²) in [6.07, 6.45) is 7.07. The van der Waals surface area contributed by atoms with Crippen LogP contribution in [-0.4, -0.2) is 39.9 Å². The first kappa shape index (κ1) is 29.1. The van der Waals surface area contributed by atoms with Crippen molar-refractivity contribution in [2.24, 2.45) is 5.92 Å². The molecule has 0 aromatic heterocycles. The van der Waals surface area contributed by atoms with E-state index in [2.05, 4.69) is 0 Å². The number of hydrogen-bond acceptors (Lipinski definition) is 4. The van der Waals surface area contributed by atoms with Crippen molar-refractivity contribution in [2.75, 3.05) is 0 Å². The molecule has 0 saturated carbocycles. The number of unbranched alkanes of at least 4 members (excludes halogenated alkanes) is 8. The van der Waals surface area contributed by atoms with Crippen LogP contribution in [-0.2, 0) is 19.7 Å². The molecule has 0 aromatic rings. The fourth-order valence-corrected chi connectivity index (χ4v) is 4.55. The van der Waals surface area contributed by atoms with E-state index in [1.54, 1.807) is 0 Å². The molecule has 0 spiro atoms. The van der Waals surface area contributed by atoms with Crippen molar-refractivity contribution in [1.82, 2.24) is 0 Å². The van der Waals surface area contributed by atoms with Gasteiger partial charge in [0, 0.05) is 0 Å². The van der Waals surface area contributed by atoms with Gasteiger partial charge < -0.3 is 11.6 Å². The van der Waals surface area contributed by atoms with Crippen molar-refractivity contribution in [3.63, 3.8) is 0 Å². The predicted molar refractivity (Wildman–Crippen MR) is 101 cm³/mol. The van der Waals surface area contributed by atoms with Gasteiger partial charge in [-0.05, 0) is 12.8 Å². The fourth-order valence-electron chi connectivity index (χ4n) is 3.35. The molecule has 0 amide bonds. The van der Waals surface area contributed by atoms with Gasteiger partial charge in [0.2, 0.25) is 4.75 Å². The van der Waals surface area contributed by atoms with Crippen LogP contribution in [0.25, 0.3) is 0 Å². The summed E-state index contributed by atoms with van der Waals surface area (Å²) in [6, 6.07) is 0. The van der Waals surface area contributed by atoms with Crippen molar-refractivity contribution < 1.29 is 63.8 Å². The molecule has 0 heterocycles. The first-order chi connectivity index (χ1) is 12.1. The summed E-state index contributed by atoms with van der Waals surface area (Å²) in [5, 5.41) is 19.1. The Bertz CT molecular complexity index is 542. The van der Waals surface area contributed by atoms with E-state index < -0.39 is 39.1 Å². The maximum atomic E-state index is 12.0. The van der Waals surface area contributed by atoms with Crippen molar-refractivity contribution in [2.45, 2.75) is 95.6 Å². The van der Waals surface area contributed by atoms with Crippen LogP contribution >= 0.6 is 0 Å². The monoisotopic (exact) mass is 418 g/mol. The van der Waals surface area contributed by atoms with Crippen LogP contribution in [0.3, 0.4) is 0 Å². The van der Waals surface area contributed by atoms with Crippen molar-refractivity contribution in [3.05, 3.63) is 0 Å². The predicted octanol–water partition coefficient (Wildman–Crippen LogP) is 1.24. The Labute approximate surface area is 186 Å². The van der Waals surface area contributed by atoms with E-state index in [1.165, 1.54) is 0 Å². The van der Waals surface area contributed by atoms with Gasteiger partial charge in [-0.25, -0.2) is 0 Å². The topological polar surface area (TPSA) is 129 Å². The van der Waals surface area contributed by atoms with E-state index in [1.807, 2.05) is 13.8 Å². The van der Waals surface area contributed by atoms with Gasteiger partial charge in [0.1, 0.15) is 0 Å². The molecule has 0 bridgehead atoms. The first-order valence-electron chi connectivity index (χ1n) is 9.58. The molecule has 0 saturated heterocycles. The number of carboxylic acids is 2. The van der Waals surface area contributed by atoms with E-state index in [4.69, 9.17) is 0 Å². The third kappa shape index (κ3) is 9.26. The summed E-state index contributed by atoms with van der Waals surface area (Å²) in [5.74, 6) is -4.94. The summed E-state index contributed by atoms with van der Waals surface area (Å²) in [4.78, 5) is 23.6. The molecule has 2 atom stereocenters. The molecule has 0 aliphatic carbocycles. The molecule has 9 heteroatoms. The number of hydrogen-bond donors (Lipinski definition) is 3. The van der Waals surface area contributed by atoms with E-state index in [0.717, 1.165) is 38.5 Å². The second-order valence-electron chi connectivity index (χ2n) is 6.93.